The Balaban J connectivity index is 1.83. The fourth-order valence-electron chi connectivity index (χ4n) is 4.64. The van der Waals surface area contributed by atoms with Crippen LogP contribution in [-0.2, 0) is 37.5 Å². The minimum Gasteiger partial charge on any atom is -0.338 e. The van der Waals surface area contributed by atoms with Gasteiger partial charge >= 0.3 is 0 Å². The van der Waals surface area contributed by atoms with Gasteiger partial charge in [0.05, 0.1) is 4.90 Å². The van der Waals surface area contributed by atoms with Crippen molar-refractivity contribution < 1.29 is 36.8 Å². The first-order valence-electron chi connectivity index (χ1n) is 14.5. The van der Waals surface area contributed by atoms with E-state index < -0.39 is 27.6 Å². The van der Waals surface area contributed by atoms with Gasteiger partial charge in [-0.25, -0.2) is 8.78 Å². The van der Waals surface area contributed by atoms with E-state index in [0.29, 0.717) is 17.7 Å². The number of benzene rings is 3. The molecule has 1 N–H and O–H groups in total. The van der Waals surface area contributed by atoms with E-state index in [2.05, 4.69) is 12.6 Å². The van der Waals surface area contributed by atoms with Crippen molar-refractivity contribution in [3.8, 4) is 11.1 Å². The number of nitrogens with zero attached hydrogens (tertiary/aromatic N) is 3. The van der Waals surface area contributed by atoms with Gasteiger partial charge in [0.1, 0.15) is 11.6 Å². The molecule has 13 heteroatoms. The average molecular weight is 662 g/mol. The fourth-order valence-corrected chi connectivity index (χ4v) is 6.18. The van der Waals surface area contributed by atoms with Crippen LogP contribution in [0.15, 0.2) is 71.6 Å². The highest BCUT2D eigenvalue weighted by atomic mass is 32.2. The summed E-state index contributed by atoms with van der Waals surface area (Å²) in [5.41, 5.74) is 0.728. The number of carbonyl (C=O) groups is 3. The third-order valence-electron chi connectivity index (χ3n) is 7.09. The van der Waals surface area contributed by atoms with Crippen molar-refractivity contribution in [3.63, 3.8) is 0 Å². The van der Waals surface area contributed by atoms with Gasteiger partial charge in [-0.15, -0.1) is 4.47 Å². The monoisotopic (exact) mass is 661 g/mol. The lowest BCUT2D eigenvalue weighted by Crippen LogP contribution is -2.37. The standard InChI is InChI=1S/C32H37F2N3O6S2/c1-3-9-31(39)35(17-16-32(40)36(18-19-44)21-24-10-5-7-12-27(24)33)22-25-15-14-23(20-28(25)34)26-11-6-8-13-29(26)45(42,43)37(41)30(38)4-2/h5-8,10-15,20,41,44H,3-4,9,16-19,21-22H2,1-2H3. The molecule has 0 aromatic heterocycles. The number of sulfonamides is 1. The predicted molar refractivity (Wildman–Crippen MR) is 169 cm³/mol. The maximum Gasteiger partial charge on any atom is 0.289 e. The molecule has 0 atom stereocenters. The van der Waals surface area contributed by atoms with Crippen LogP contribution in [-0.4, -0.2) is 64.5 Å². The predicted octanol–water partition coefficient (Wildman–Crippen LogP) is 5.43. The van der Waals surface area contributed by atoms with Gasteiger partial charge in [-0.2, -0.15) is 21.0 Å². The molecule has 3 aromatic rings. The van der Waals surface area contributed by atoms with Gasteiger partial charge in [0, 0.05) is 67.9 Å². The van der Waals surface area contributed by atoms with E-state index >= 15 is 4.39 Å². The summed E-state index contributed by atoms with van der Waals surface area (Å²) in [7, 11) is -4.64. The van der Waals surface area contributed by atoms with Crippen molar-refractivity contribution in [3.05, 3.63) is 89.5 Å². The minimum absolute atomic E-state index is 0.00191. The van der Waals surface area contributed by atoms with Crippen LogP contribution in [0.4, 0.5) is 8.78 Å². The smallest absolute Gasteiger partial charge is 0.289 e. The van der Waals surface area contributed by atoms with E-state index in [1.807, 2.05) is 6.92 Å². The minimum atomic E-state index is -4.64. The number of hydroxylamine groups is 1. The van der Waals surface area contributed by atoms with Gasteiger partial charge in [-0.3, -0.25) is 19.6 Å². The van der Waals surface area contributed by atoms with E-state index in [4.69, 9.17) is 0 Å². The second-order valence-electron chi connectivity index (χ2n) is 10.2. The van der Waals surface area contributed by atoms with Crippen LogP contribution in [0.5, 0.6) is 0 Å². The molecule has 0 spiro atoms. The molecular weight excluding hydrogens is 624 g/mol. The SMILES string of the molecule is CCCC(=O)N(CCC(=O)N(CCS)Cc1ccccc1F)Cc1ccc(-c2ccccc2S(=O)(=O)N(O)C(=O)CC)cc1F. The average Bonchev–Trinajstić information content (AvgIpc) is 3.03. The van der Waals surface area contributed by atoms with Crippen LogP contribution in [0.25, 0.3) is 11.1 Å². The van der Waals surface area contributed by atoms with E-state index in [9.17, 15) is 32.4 Å². The number of halogens is 2. The van der Waals surface area contributed by atoms with E-state index in [1.54, 1.807) is 18.2 Å². The van der Waals surface area contributed by atoms with Gasteiger partial charge < -0.3 is 9.80 Å². The Bertz CT molecular complexity index is 1620. The van der Waals surface area contributed by atoms with Crippen LogP contribution in [0.1, 0.15) is 50.7 Å². The summed E-state index contributed by atoms with van der Waals surface area (Å²) in [6, 6.07) is 15.7. The van der Waals surface area contributed by atoms with Crippen molar-refractivity contribution in [1.29, 1.82) is 0 Å². The maximum absolute atomic E-state index is 15.5. The first-order chi connectivity index (χ1) is 21.4. The summed E-state index contributed by atoms with van der Waals surface area (Å²) in [4.78, 5) is 40.5. The number of hydrogen-bond acceptors (Lipinski definition) is 7. The third-order valence-corrected chi connectivity index (χ3v) is 8.86. The Morgan fingerprint density at radius 2 is 1.38 bits per heavy atom. The highest BCUT2D eigenvalue weighted by molar-refractivity contribution is 7.89. The number of amides is 3. The highest BCUT2D eigenvalue weighted by Gasteiger charge is 2.30. The molecule has 3 amide bonds. The zero-order valence-corrected chi connectivity index (χ0v) is 26.9. The molecule has 0 unspecified atom stereocenters. The molecule has 9 nitrogen and oxygen atoms in total. The molecular formula is C32H37F2N3O6S2. The summed E-state index contributed by atoms with van der Waals surface area (Å²) in [6.45, 7) is 3.39. The molecule has 0 aliphatic rings. The summed E-state index contributed by atoms with van der Waals surface area (Å²) < 4.78 is 55.3. The first kappa shape index (κ1) is 35.7. The number of hydrogen-bond donors (Lipinski definition) is 2. The molecule has 0 aliphatic heterocycles. The zero-order chi connectivity index (χ0) is 33.1. The second kappa shape index (κ2) is 16.5. The Labute approximate surface area is 267 Å². The molecule has 0 aliphatic carbocycles. The van der Waals surface area contributed by atoms with Crippen molar-refractivity contribution >= 4 is 40.4 Å². The quantitative estimate of drug-likeness (QED) is 0.128. The zero-order valence-electron chi connectivity index (χ0n) is 25.2. The normalized spacial score (nSPS) is 11.2. The molecule has 45 heavy (non-hydrogen) atoms. The van der Waals surface area contributed by atoms with Gasteiger partial charge in [-0.1, -0.05) is 62.4 Å². The second-order valence-corrected chi connectivity index (χ2v) is 12.4. The molecule has 0 bridgehead atoms. The maximum atomic E-state index is 15.5. The van der Waals surface area contributed by atoms with Crippen molar-refractivity contribution in [1.82, 2.24) is 14.3 Å². The number of carbonyl (C=O) groups excluding carboxylic acids is 3. The summed E-state index contributed by atoms with van der Waals surface area (Å²) in [5, 5.41) is 10.0. The Morgan fingerprint density at radius 1 is 0.778 bits per heavy atom. The van der Waals surface area contributed by atoms with Crippen LogP contribution >= 0.6 is 12.6 Å². The Hall–Kier alpha value is -3.81. The molecule has 0 heterocycles. The van der Waals surface area contributed by atoms with Crippen molar-refractivity contribution in [2.24, 2.45) is 0 Å². The van der Waals surface area contributed by atoms with E-state index in [-0.39, 0.29) is 83.3 Å². The Morgan fingerprint density at radius 3 is 2.00 bits per heavy atom. The summed E-state index contributed by atoms with van der Waals surface area (Å²) in [5.74, 6) is -2.41. The summed E-state index contributed by atoms with van der Waals surface area (Å²) in [6.07, 6.45) is 0.399. The van der Waals surface area contributed by atoms with Crippen LogP contribution in [0.3, 0.4) is 0 Å². The van der Waals surface area contributed by atoms with Crippen molar-refractivity contribution in [2.45, 2.75) is 57.5 Å². The van der Waals surface area contributed by atoms with Crippen LogP contribution < -0.4 is 0 Å². The molecule has 3 aromatic carbocycles. The highest BCUT2D eigenvalue weighted by Crippen LogP contribution is 2.31. The Kier molecular flexibility index (Phi) is 13.1. The van der Waals surface area contributed by atoms with Gasteiger partial charge in [0.2, 0.25) is 11.8 Å². The molecule has 0 fully saturated rings. The van der Waals surface area contributed by atoms with Gasteiger partial charge in [0.15, 0.2) is 0 Å². The lowest BCUT2D eigenvalue weighted by Gasteiger charge is -2.26. The van der Waals surface area contributed by atoms with E-state index in [0.717, 1.165) is 6.07 Å². The third kappa shape index (κ3) is 9.12. The molecule has 0 radical (unpaired) electrons. The first-order valence-corrected chi connectivity index (χ1v) is 16.6. The lowest BCUT2D eigenvalue weighted by molar-refractivity contribution is -0.145. The number of thiol groups is 1. The fraction of sp³-hybridized carbons (Fsp3) is 0.344. The van der Waals surface area contributed by atoms with Gasteiger partial charge in [0.25, 0.3) is 15.9 Å². The number of rotatable bonds is 15. The van der Waals surface area contributed by atoms with Gasteiger partial charge in [-0.05, 0) is 30.2 Å². The van der Waals surface area contributed by atoms with Crippen LogP contribution in [0.2, 0.25) is 0 Å². The molecule has 242 valence electrons. The molecule has 0 saturated carbocycles. The lowest BCUT2D eigenvalue weighted by atomic mass is 10.0. The molecule has 0 saturated heterocycles. The molecule has 3 rings (SSSR count). The largest absolute Gasteiger partial charge is 0.338 e. The van der Waals surface area contributed by atoms with Crippen molar-refractivity contribution in [2.75, 3.05) is 18.8 Å². The topological polar surface area (TPSA) is 115 Å². The van der Waals surface area contributed by atoms with Crippen LogP contribution in [0, 0.1) is 11.6 Å². The van der Waals surface area contributed by atoms with E-state index in [1.165, 1.54) is 59.2 Å². The summed E-state index contributed by atoms with van der Waals surface area (Å²) >= 11 is 4.22.